The number of pyridine rings is 1. The van der Waals surface area contributed by atoms with Crippen LogP contribution >= 0.6 is 23.4 Å². The van der Waals surface area contributed by atoms with Gasteiger partial charge in [0.25, 0.3) is 11.8 Å². The van der Waals surface area contributed by atoms with Crippen LogP contribution in [-0.4, -0.2) is 43.6 Å². The highest BCUT2D eigenvalue weighted by Crippen LogP contribution is 2.35. The first-order valence-electron chi connectivity index (χ1n) is 9.40. The fourth-order valence-corrected chi connectivity index (χ4v) is 5.39. The molecule has 0 saturated carbocycles. The van der Waals surface area contributed by atoms with Gasteiger partial charge >= 0.3 is 0 Å². The van der Waals surface area contributed by atoms with Gasteiger partial charge < -0.3 is 19.9 Å². The number of aromatic nitrogens is 1. The standard InChI is InChI=1S/C20H19ClFN3O4S/c1-10-4-5-30-15-9-24-8-13(17(26)18(27)16(24)20(29)25(10)15)19(28)23-7-11-2-3-12(21)6-14(11)22/h2-3,6,8,10,15,27H,4-5,7,9H2,1H3,(H,23,28)/t10-,15?/m1/s1. The largest absolute Gasteiger partial charge is 0.503 e. The fourth-order valence-electron chi connectivity index (χ4n) is 3.76. The van der Waals surface area contributed by atoms with Crippen LogP contribution < -0.4 is 10.7 Å². The lowest BCUT2D eigenvalue weighted by Crippen LogP contribution is -2.54. The number of thioether (sulfide) groups is 1. The van der Waals surface area contributed by atoms with E-state index in [0.717, 1.165) is 18.2 Å². The first-order chi connectivity index (χ1) is 14.3. The Hall–Kier alpha value is -2.52. The number of carbonyl (C=O) groups excluding carboxylic acids is 2. The summed E-state index contributed by atoms with van der Waals surface area (Å²) in [4.78, 5) is 39.8. The van der Waals surface area contributed by atoms with Crippen molar-refractivity contribution in [1.82, 2.24) is 14.8 Å². The molecule has 10 heteroatoms. The van der Waals surface area contributed by atoms with Gasteiger partial charge in [0.05, 0.1) is 11.9 Å². The van der Waals surface area contributed by atoms with Crippen molar-refractivity contribution in [2.45, 2.75) is 37.8 Å². The minimum atomic E-state index is -0.931. The number of rotatable bonds is 3. The number of aromatic hydroxyl groups is 1. The number of amides is 2. The lowest BCUT2D eigenvalue weighted by Gasteiger charge is -2.44. The molecule has 158 valence electrons. The third kappa shape index (κ3) is 3.56. The molecule has 0 radical (unpaired) electrons. The van der Waals surface area contributed by atoms with Gasteiger partial charge in [0.1, 0.15) is 11.4 Å². The average Bonchev–Trinajstić information content (AvgIpc) is 2.69. The molecular weight excluding hydrogens is 433 g/mol. The third-order valence-electron chi connectivity index (χ3n) is 5.38. The number of hydrogen-bond acceptors (Lipinski definition) is 5. The zero-order chi connectivity index (χ0) is 21.6. The molecule has 2 aliphatic rings. The highest BCUT2D eigenvalue weighted by molar-refractivity contribution is 7.99. The normalized spacial score (nSPS) is 20.5. The first kappa shape index (κ1) is 20.7. The Morgan fingerprint density at radius 3 is 2.90 bits per heavy atom. The van der Waals surface area contributed by atoms with Crippen molar-refractivity contribution in [3.05, 3.63) is 62.3 Å². The van der Waals surface area contributed by atoms with Crippen LogP contribution in [0.4, 0.5) is 4.39 Å². The van der Waals surface area contributed by atoms with Crippen LogP contribution in [0.5, 0.6) is 5.75 Å². The van der Waals surface area contributed by atoms with E-state index in [1.165, 1.54) is 22.9 Å². The topological polar surface area (TPSA) is 91.6 Å². The molecule has 0 bridgehead atoms. The molecule has 1 aromatic heterocycles. The average molecular weight is 452 g/mol. The monoisotopic (exact) mass is 451 g/mol. The van der Waals surface area contributed by atoms with Crippen LogP contribution in [0.2, 0.25) is 5.02 Å². The summed E-state index contributed by atoms with van der Waals surface area (Å²) in [5, 5.41) is 13.0. The van der Waals surface area contributed by atoms with E-state index in [-0.39, 0.29) is 39.8 Å². The smallest absolute Gasteiger partial charge is 0.275 e. The molecule has 1 fully saturated rings. The molecule has 2 atom stereocenters. The van der Waals surface area contributed by atoms with Crippen molar-refractivity contribution in [1.29, 1.82) is 0 Å². The number of carbonyl (C=O) groups is 2. The molecule has 7 nitrogen and oxygen atoms in total. The van der Waals surface area contributed by atoms with Crippen LogP contribution in [0.15, 0.2) is 29.2 Å². The molecule has 4 rings (SSSR count). The van der Waals surface area contributed by atoms with Crippen molar-refractivity contribution in [2.75, 3.05) is 5.75 Å². The molecule has 0 spiro atoms. The quantitative estimate of drug-likeness (QED) is 0.748. The molecule has 1 aromatic carbocycles. The lowest BCUT2D eigenvalue weighted by atomic mass is 10.1. The van der Waals surface area contributed by atoms with Gasteiger partial charge in [0, 0.05) is 29.4 Å². The van der Waals surface area contributed by atoms with Crippen LogP contribution in [-0.2, 0) is 13.1 Å². The third-order valence-corrected chi connectivity index (χ3v) is 6.84. The van der Waals surface area contributed by atoms with Crippen LogP contribution in [0.25, 0.3) is 0 Å². The van der Waals surface area contributed by atoms with E-state index < -0.39 is 28.8 Å². The Morgan fingerprint density at radius 1 is 1.40 bits per heavy atom. The molecule has 2 aromatic rings. The number of hydrogen-bond donors (Lipinski definition) is 2. The highest BCUT2D eigenvalue weighted by Gasteiger charge is 2.40. The number of nitrogens with zero attached hydrogens (tertiary/aromatic N) is 2. The van der Waals surface area contributed by atoms with Crippen LogP contribution in [0, 0.1) is 5.82 Å². The Morgan fingerprint density at radius 2 is 2.17 bits per heavy atom. The second-order valence-corrected chi connectivity index (χ2v) is 9.04. The van der Waals surface area contributed by atoms with Crippen molar-refractivity contribution in [2.24, 2.45) is 0 Å². The minimum absolute atomic E-state index is 0.00393. The van der Waals surface area contributed by atoms with E-state index in [9.17, 15) is 23.9 Å². The first-order valence-corrected chi connectivity index (χ1v) is 10.8. The van der Waals surface area contributed by atoms with Crippen LogP contribution in [0.3, 0.4) is 0 Å². The van der Waals surface area contributed by atoms with Crippen molar-refractivity contribution in [3.63, 3.8) is 0 Å². The molecule has 1 saturated heterocycles. The molecule has 30 heavy (non-hydrogen) atoms. The van der Waals surface area contributed by atoms with Gasteiger partial charge in [-0.3, -0.25) is 14.4 Å². The maximum Gasteiger partial charge on any atom is 0.275 e. The van der Waals surface area contributed by atoms with E-state index in [1.54, 1.807) is 16.7 Å². The van der Waals surface area contributed by atoms with E-state index in [2.05, 4.69) is 5.32 Å². The summed E-state index contributed by atoms with van der Waals surface area (Å²) in [6.45, 7) is 2.13. The predicted octanol–water partition coefficient (Wildman–Crippen LogP) is 2.58. The summed E-state index contributed by atoms with van der Waals surface area (Å²) in [7, 11) is 0. The number of fused-ring (bicyclic) bond motifs is 2. The summed E-state index contributed by atoms with van der Waals surface area (Å²) in [6.07, 6.45) is 2.12. The van der Waals surface area contributed by atoms with E-state index in [1.807, 2.05) is 6.92 Å². The molecule has 3 heterocycles. The molecule has 0 aliphatic carbocycles. The number of halogens is 2. The number of benzene rings is 1. The van der Waals surface area contributed by atoms with Crippen LogP contribution in [0.1, 0.15) is 39.8 Å². The van der Waals surface area contributed by atoms with E-state index >= 15 is 0 Å². The lowest BCUT2D eigenvalue weighted by molar-refractivity contribution is 0.0573. The van der Waals surface area contributed by atoms with Crippen molar-refractivity contribution >= 4 is 35.2 Å². The van der Waals surface area contributed by atoms with Gasteiger partial charge in [-0.15, -0.1) is 11.8 Å². The van der Waals surface area contributed by atoms with E-state index in [0.29, 0.717) is 6.54 Å². The minimum Gasteiger partial charge on any atom is -0.503 e. The van der Waals surface area contributed by atoms with Gasteiger partial charge in [-0.2, -0.15) is 0 Å². The number of nitrogens with one attached hydrogen (secondary N) is 1. The second-order valence-electron chi connectivity index (χ2n) is 7.32. The fraction of sp³-hybridized carbons (Fsp3) is 0.350. The summed E-state index contributed by atoms with van der Waals surface area (Å²) >= 11 is 7.34. The molecule has 1 unspecified atom stereocenters. The Balaban J connectivity index is 1.63. The summed E-state index contributed by atoms with van der Waals surface area (Å²) in [5.74, 6) is -1.61. The molecule has 2 amide bonds. The zero-order valence-corrected chi connectivity index (χ0v) is 17.6. The maximum atomic E-state index is 13.9. The summed E-state index contributed by atoms with van der Waals surface area (Å²) < 4.78 is 15.4. The molecule has 2 aliphatic heterocycles. The van der Waals surface area contributed by atoms with Gasteiger partial charge in [-0.05, 0) is 31.2 Å². The van der Waals surface area contributed by atoms with Gasteiger partial charge in [0.15, 0.2) is 11.4 Å². The Kier molecular flexibility index (Phi) is 5.50. The van der Waals surface area contributed by atoms with Gasteiger partial charge in [-0.1, -0.05) is 17.7 Å². The summed E-state index contributed by atoms with van der Waals surface area (Å²) in [5.41, 5.74) is -1.14. The SMILES string of the molecule is C[C@@H]1CCSC2Cn3cc(C(=O)NCc4ccc(Cl)cc4F)c(=O)c(O)c3C(=O)N21. The zero-order valence-electron chi connectivity index (χ0n) is 16.0. The van der Waals surface area contributed by atoms with Crippen molar-refractivity contribution < 1.29 is 19.1 Å². The predicted molar refractivity (Wildman–Crippen MR) is 111 cm³/mol. The molecular formula is C20H19ClFN3O4S. The van der Waals surface area contributed by atoms with Gasteiger partial charge in [-0.25, -0.2) is 4.39 Å². The van der Waals surface area contributed by atoms with E-state index in [4.69, 9.17) is 11.6 Å². The van der Waals surface area contributed by atoms with Gasteiger partial charge in [0.2, 0.25) is 5.43 Å². The second kappa shape index (κ2) is 7.96. The summed E-state index contributed by atoms with van der Waals surface area (Å²) in [6, 6.07) is 4.06. The maximum absolute atomic E-state index is 13.9. The Labute approximate surface area is 180 Å². The van der Waals surface area contributed by atoms with Crippen molar-refractivity contribution in [3.8, 4) is 5.75 Å². The highest BCUT2D eigenvalue weighted by atomic mass is 35.5. The Bertz CT molecular complexity index is 1110. The molecule has 2 N–H and O–H groups in total.